The van der Waals surface area contributed by atoms with Crippen LogP contribution < -0.4 is 10.2 Å². The number of anilines is 1. The second-order valence-corrected chi connectivity index (χ2v) is 4.12. The largest absolute Gasteiger partial charge is 0.360 e. The van der Waals surface area contributed by atoms with E-state index in [1.807, 2.05) is 13.8 Å². The van der Waals surface area contributed by atoms with Crippen molar-refractivity contribution in [2.45, 2.75) is 33.7 Å². The van der Waals surface area contributed by atoms with E-state index in [9.17, 15) is 9.59 Å². The van der Waals surface area contributed by atoms with Gasteiger partial charge in [-0.25, -0.2) is 0 Å². The SMILES string of the molecule is CC(=O)N(CC(=O)NC(C)C)c1cc(C)on1. The van der Waals surface area contributed by atoms with Crippen molar-refractivity contribution in [1.82, 2.24) is 10.5 Å². The van der Waals surface area contributed by atoms with Gasteiger partial charge in [-0.05, 0) is 20.8 Å². The van der Waals surface area contributed by atoms with Gasteiger partial charge in [-0.1, -0.05) is 5.16 Å². The number of carbonyl (C=O) groups is 2. The Morgan fingerprint density at radius 2 is 2.18 bits per heavy atom. The first kappa shape index (κ1) is 13.2. The molecule has 0 unspecified atom stereocenters. The summed E-state index contributed by atoms with van der Waals surface area (Å²) in [5, 5.41) is 6.43. The maximum absolute atomic E-state index is 11.6. The number of hydrogen-bond donors (Lipinski definition) is 1. The molecule has 1 rings (SSSR count). The summed E-state index contributed by atoms with van der Waals surface area (Å²) in [6, 6.07) is 1.65. The van der Waals surface area contributed by atoms with Crippen molar-refractivity contribution >= 4 is 17.6 Å². The average molecular weight is 239 g/mol. The Morgan fingerprint density at radius 1 is 1.53 bits per heavy atom. The minimum atomic E-state index is -0.253. The molecule has 94 valence electrons. The fourth-order valence-electron chi connectivity index (χ4n) is 1.35. The number of nitrogens with zero attached hydrogens (tertiary/aromatic N) is 2. The van der Waals surface area contributed by atoms with Crippen LogP contribution in [0.3, 0.4) is 0 Å². The molecular formula is C11H17N3O3. The summed E-state index contributed by atoms with van der Waals surface area (Å²) in [5.74, 6) is 0.470. The first-order valence-electron chi connectivity index (χ1n) is 5.41. The lowest BCUT2D eigenvalue weighted by molar-refractivity contribution is -0.123. The molecule has 1 N–H and O–H groups in total. The van der Waals surface area contributed by atoms with Gasteiger partial charge < -0.3 is 9.84 Å². The molecule has 0 atom stereocenters. The van der Waals surface area contributed by atoms with Crippen LogP contribution in [0.15, 0.2) is 10.6 Å². The number of hydrogen-bond acceptors (Lipinski definition) is 4. The molecule has 0 radical (unpaired) electrons. The number of nitrogens with one attached hydrogen (secondary N) is 1. The zero-order chi connectivity index (χ0) is 13.0. The minimum Gasteiger partial charge on any atom is -0.360 e. The van der Waals surface area contributed by atoms with Crippen LogP contribution in [0.2, 0.25) is 0 Å². The number of carbonyl (C=O) groups excluding carboxylic acids is 2. The first-order chi connectivity index (χ1) is 7.90. The fourth-order valence-corrected chi connectivity index (χ4v) is 1.35. The summed E-state index contributed by atoms with van der Waals surface area (Å²) in [6.07, 6.45) is 0. The van der Waals surface area contributed by atoms with Crippen molar-refractivity contribution in [1.29, 1.82) is 0 Å². The molecule has 0 aromatic carbocycles. The Bertz CT molecular complexity index is 412. The predicted octanol–water partition coefficient (Wildman–Crippen LogP) is 0.861. The van der Waals surface area contributed by atoms with Crippen molar-refractivity contribution < 1.29 is 14.1 Å². The molecule has 0 bridgehead atoms. The van der Waals surface area contributed by atoms with E-state index in [-0.39, 0.29) is 24.4 Å². The van der Waals surface area contributed by atoms with Crippen LogP contribution in [0, 0.1) is 6.92 Å². The molecule has 2 amide bonds. The maximum atomic E-state index is 11.6. The molecule has 0 aliphatic rings. The van der Waals surface area contributed by atoms with Crippen LogP contribution in [0.5, 0.6) is 0 Å². The van der Waals surface area contributed by atoms with Crippen LogP contribution >= 0.6 is 0 Å². The third-order valence-electron chi connectivity index (χ3n) is 2.02. The molecule has 1 heterocycles. The third kappa shape index (κ3) is 3.90. The van der Waals surface area contributed by atoms with Gasteiger partial charge in [-0.15, -0.1) is 0 Å². The fraction of sp³-hybridized carbons (Fsp3) is 0.545. The zero-order valence-electron chi connectivity index (χ0n) is 10.5. The maximum Gasteiger partial charge on any atom is 0.240 e. The number of amides is 2. The van der Waals surface area contributed by atoms with Crippen LogP contribution in [-0.4, -0.2) is 29.6 Å². The first-order valence-corrected chi connectivity index (χ1v) is 5.41. The van der Waals surface area contributed by atoms with Crippen LogP contribution in [0.25, 0.3) is 0 Å². The summed E-state index contributed by atoms with van der Waals surface area (Å²) >= 11 is 0. The molecule has 0 saturated carbocycles. The Kier molecular flexibility index (Phi) is 4.25. The van der Waals surface area contributed by atoms with Gasteiger partial charge in [0.05, 0.1) is 0 Å². The third-order valence-corrected chi connectivity index (χ3v) is 2.02. The highest BCUT2D eigenvalue weighted by atomic mass is 16.5. The van der Waals surface area contributed by atoms with Crippen LogP contribution in [0.4, 0.5) is 5.82 Å². The van der Waals surface area contributed by atoms with E-state index in [0.717, 1.165) is 0 Å². The number of aryl methyl sites for hydroxylation is 1. The summed E-state index contributed by atoms with van der Waals surface area (Å²) in [5.41, 5.74) is 0. The standard InChI is InChI=1S/C11H17N3O3/c1-7(2)12-11(16)6-14(9(4)15)10-5-8(3)17-13-10/h5,7H,6H2,1-4H3,(H,12,16). The van der Waals surface area contributed by atoms with Crippen molar-refractivity contribution in [2.24, 2.45) is 0 Å². The molecule has 0 aliphatic carbocycles. The molecule has 0 saturated heterocycles. The number of rotatable bonds is 4. The van der Waals surface area contributed by atoms with E-state index < -0.39 is 0 Å². The summed E-state index contributed by atoms with van der Waals surface area (Å²) in [4.78, 5) is 24.3. The van der Waals surface area contributed by atoms with Gasteiger partial charge in [-0.3, -0.25) is 14.5 Å². The lowest BCUT2D eigenvalue weighted by Crippen LogP contribution is -2.42. The van der Waals surface area contributed by atoms with E-state index in [1.54, 1.807) is 13.0 Å². The second-order valence-electron chi connectivity index (χ2n) is 4.12. The molecule has 6 heteroatoms. The van der Waals surface area contributed by atoms with E-state index in [4.69, 9.17) is 4.52 Å². The molecule has 0 fully saturated rings. The van der Waals surface area contributed by atoms with E-state index in [0.29, 0.717) is 11.6 Å². The highest BCUT2D eigenvalue weighted by Gasteiger charge is 2.19. The smallest absolute Gasteiger partial charge is 0.240 e. The average Bonchev–Trinajstić information content (AvgIpc) is 2.59. The van der Waals surface area contributed by atoms with E-state index in [2.05, 4.69) is 10.5 Å². The van der Waals surface area contributed by atoms with Crippen molar-refractivity contribution in [3.05, 3.63) is 11.8 Å². The molecule has 6 nitrogen and oxygen atoms in total. The Hall–Kier alpha value is -1.85. The van der Waals surface area contributed by atoms with Gasteiger partial charge in [0.15, 0.2) is 5.82 Å². The topological polar surface area (TPSA) is 75.4 Å². The van der Waals surface area contributed by atoms with Gasteiger partial charge >= 0.3 is 0 Å². The van der Waals surface area contributed by atoms with Gasteiger partial charge in [-0.2, -0.15) is 0 Å². The quantitative estimate of drug-likeness (QED) is 0.845. The zero-order valence-corrected chi connectivity index (χ0v) is 10.5. The summed E-state index contributed by atoms with van der Waals surface area (Å²) in [6.45, 7) is 6.77. The van der Waals surface area contributed by atoms with Gasteiger partial charge in [0.1, 0.15) is 12.3 Å². The Balaban J connectivity index is 2.74. The molecular weight excluding hydrogens is 222 g/mol. The minimum absolute atomic E-state index is 0.0374. The van der Waals surface area contributed by atoms with Gasteiger partial charge in [0.25, 0.3) is 0 Å². The monoisotopic (exact) mass is 239 g/mol. The lowest BCUT2D eigenvalue weighted by Gasteiger charge is -2.18. The second kappa shape index (κ2) is 5.47. The highest BCUT2D eigenvalue weighted by Crippen LogP contribution is 2.13. The van der Waals surface area contributed by atoms with Crippen LogP contribution in [-0.2, 0) is 9.59 Å². The van der Waals surface area contributed by atoms with Crippen LogP contribution in [0.1, 0.15) is 26.5 Å². The molecule has 0 aliphatic heterocycles. The van der Waals surface area contributed by atoms with Crippen molar-refractivity contribution in [2.75, 3.05) is 11.4 Å². The Labute approximate surface area is 99.9 Å². The molecule has 1 aromatic rings. The Morgan fingerprint density at radius 3 is 2.59 bits per heavy atom. The number of aromatic nitrogens is 1. The predicted molar refractivity (Wildman–Crippen MR) is 62.5 cm³/mol. The lowest BCUT2D eigenvalue weighted by atomic mass is 10.3. The van der Waals surface area contributed by atoms with Gasteiger partial charge in [0, 0.05) is 19.0 Å². The highest BCUT2D eigenvalue weighted by molar-refractivity contribution is 5.96. The van der Waals surface area contributed by atoms with E-state index in [1.165, 1.54) is 11.8 Å². The summed E-state index contributed by atoms with van der Waals surface area (Å²) in [7, 11) is 0. The summed E-state index contributed by atoms with van der Waals surface area (Å²) < 4.78 is 4.88. The van der Waals surface area contributed by atoms with Crippen molar-refractivity contribution in [3.8, 4) is 0 Å². The molecule has 0 spiro atoms. The van der Waals surface area contributed by atoms with E-state index >= 15 is 0 Å². The van der Waals surface area contributed by atoms with Crippen molar-refractivity contribution in [3.63, 3.8) is 0 Å². The molecule has 1 aromatic heterocycles. The molecule has 17 heavy (non-hydrogen) atoms. The normalized spacial score (nSPS) is 10.4. The van der Waals surface area contributed by atoms with Gasteiger partial charge in [0.2, 0.25) is 11.8 Å².